The molecule has 0 radical (unpaired) electrons. The second-order valence-electron chi connectivity index (χ2n) is 4.15. The van der Waals surface area contributed by atoms with Crippen LogP contribution >= 0.6 is 11.6 Å². The van der Waals surface area contributed by atoms with Crippen molar-refractivity contribution in [2.75, 3.05) is 5.32 Å². The van der Waals surface area contributed by atoms with Crippen molar-refractivity contribution in [1.82, 2.24) is 9.78 Å². The minimum atomic E-state index is -0.115. The number of nitrogens with zero attached hydrogens (tertiary/aromatic N) is 2. The van der Waals surface area contributed by atoms with Crippen LogP contribution in [0.15, 0.2) is 30.6 Å². The third kappa shape index (κ3) is 1.80. The predicted molar refractivity (Wildman–Crippen MR) is 71.2 cm³/mol. The summed E-state index contributed by atoms with van der Waals surface area (Å²) >= 11 is 5.90. The first-order valence-electron chi connectivity index (χ1n) is 5.45. The molecule has 0 spiro atoms. The van der Waals surface area contributed by atoms with Gasteiger partial charge in [-0.15, -0.1) is 0 Å². The van der Waals surface area contributed by atoms with E-state index in [1.165, 1.54) is 0 Å². The Morgan fingerprint density at radius 1 is 1.44 bits per heavy atom. The molecule has 1 amide bonds. The van der Waals surface area contributed by atoms with Gasteiger partial charge in [-0.2, -0.15) is 5.10 Å². The summed E-state index contributed by atoms with van der Waals surface area (Å²) in [6, 6.07) is 5.37. The predicted octanol–water partition coefficient (Wildman–Crippen LogP) is 2.57. The van der Waals surface area contributed by atoms with Gasteiger partial charge < -0.3 is 5.32 Å². The van der Waals surface area contributed by atoms with Crippen LogP contribution in [0, 0.1) is 0 Å². The Labute approximate surface area is 109 Å². The van der Waals surface area contributed by atoms with Crippen molar-refractivity contribution >= 4 is 34.8 Å². The maximum absolute atomic E-state index is 11.9. The van der Waals surface area contributed by atoms with E-state index in [1.54, 1.807) is 23.0 Å². The molecule has 0 atom stereocenters. The van der Waals surface area contributed by atoms with Crippen LogP contribution < -0.4 is 5.32 Å². The number of fused-ring (bicyclic) bond motifs is 1. The monoisotopic (exact) mass is 259 g/mol. The van der Waals surface area contributed by atoms with Gasteiger partial charge in [-0.1, -0.05) is 17.7 Å². The van der Waals surface area contributed by atoms with Gasteiger partial charge in [0.1, 0.15) is 0 Å². The summed E-state index contributed by atoms with van der Waals surface area (Å²) in [5.41, 5.74) is 3.15. The molecule has 1 aliphatic heterocycles. The number of aromatic nitrogens is 2. The number of carbonyl (C=O) groups is 1. The molecule has 0 saturated carbocycles. The first-order chi connectivity index (χ1) is 8.63. The van der Waals surface area contributed by atoms with Gasteiger partial charge in [-0.3, -0.25) is 9.48 Å². The Bertz CT molecular complexity index is 673. The third-order valence-corrected chi connectivity index (χ3v) is 3.04. The zero-order valence-electron chi connectivity index (χ0n) is 9.64. The highest BCUT2D eigenvalue weighted by molar-refractivity contribution is 6.36. The number of anilines is 1. The third-order valence-electron chi connectivity index (χ3n) is 2.80. The molecule has 2 aromatic rings. The molecule has 0 unspecified atom stereocenters. The van der Waals surface area contributed by atoms with Crippen molar-refractivity contribution in [3.63, 3.8) is 0 Å². The number of halogens is 1. The van der Waals surface area contributed by atoms with Crippen LogP contribution in [-0.4, -0.2) is 15.7 Å². The van der Waals surface area contributed by atoms with Gasteiger partial charge in [0.2, 0.25) is 0 Å². The summed E-state index contributed by atoms with van der Waals surface area (Å²) < 4.78 is 1.70. The normalized spacial score (nSPS) is 15.9. The summed E-state index contributed by atoms with van der Waals surface area (Å²) in [4.78, 5) is 11.9. The number of rotatable bonds is 1. The fourth-order valence-corrected chi connectivity index (χ4v) is 2.16. The number of benzene rings is 1. The van der Waals surface area contributed by atoms with E-state index in [4.69, 9.17) is 11.6 Å². The van der Waals surface area contributed by atoms with E-state index in [-0.39, 0.29) is 5.91 Å². The van der Waals surface area contributed by atoms with Crippen LogP contribution in [0.25, 0.3) is 11.6 Å². The van der Waals surface area contributed by atoms with Crippen molar-refractivity contribution in [2.45, 2.75) is 0 Å². The Morgan fingerprint density at radius 3 is 3.00 bits per heavy atom. The molecule has 2 heterocycles. The highest BCUT2D eigenvalue weighted by atomic mass is 35.5. The second-order valence-corrected chi connectivity index (χ2v) is 4.59. The van der Waals surface area contributed by atoms with Gasteiger partial charge in [0.25, 0.3) is 5.91 Å². The Morgan fingerprint density at radius 2 is 2.28 bits per heavy atom. The highest BCUT2D eigenvalue weighted by Crippen LogP contribution is 2.34. The summed E-state index contributed by atoms with van der Waals surface area (Å²) in [6.07, 6.45) is 5.39. The fraction of sp³-hybridized carbons (Fsp3) is 0.0769. The topological polar surface area (TPSA) is 46.9 Å². The van der Waals surface area contributed by atoms with Gasteiger partial charge in [0.05, 0.1) is 11.9 Å². The summed E-state index contributed by atoms with van der Waals surface area (Å²) in [6.45, 7) is 0. The number of amides is 1. The SMILES string of the molecule is Cn1cc(C=C2C(=O)Nc3cc(Cl)ccc32)cn1. The summed E-state index contributed by atoms with van der Waals surface area (Å²) in [7, 11) is 1.84. The summed E-state index contributed by atoms with van der Waals surface area (Å²) in [5, 5.41) is 7.48. The van der Waals surface area contributed by atoms with Gasteiger partial charge >= 0.3 is 0 Å². The van der Waals surface area contributed by atoms with E-state index in [9.17, 15) is 4.79 Å². The number of hydrogen-bond donors (Lipinski definition) is 1. The van der Waals surface area contributed by atoms with Crippen molar-refractivity contribution in [2.24, 2.45) is 7.05 Å². The Hall–Kier alpha value is -2.07. The lowest BCUT2D eigenvalue weighted by atomic mass is 10.1. The van der Waals surface area contributed by atoms with E-state index < -0.39 is 0 Å². The van der Waals surface area contributed by atoms with E-state index in [0.29, 0.717) is 10.6 Å². The molecule has 4 nitrogen and oxygen atoms in total. The highest BCUT2D eigenvalue weighted by Gasteiger charge is 2.24. The van der Waals surface area contributed by atoms with Crippen molar-refractivity contribution in [3.8, 4) is 0 Å². The first-order valence-corrected chi connectivity index (χ1v) is 5.83. The van der Waals surface area contributed by atoms with Gasteiger partial charge in [-0.05, 0) is 18.2 Å². The van der Waals surface area contributed by atoms with E-state index in [1.807, 2.05) is 25.4 Å². The Balaban J connectivity index is 2.09. The largest absolute Gasteiger partial charge is 0.321 e. The average Bonchev–Trinajstić information content (AvgIpc) is 2.84. The van der Waals surface area contributed by atoms with Crippen molar-refractivity contribution < 1.29 is 4.79 Å². The minimum Gasteiger partial charge on any atom is -0.321 e. The van der Waals surface area contributed by atoms with Gasteiger partial charge in [0, 0.05) is 35.0 Å². The van der Waals surface area contributed by atoms with Crippen LogP contribution in [0.5, 0.6) is 0 Å². The van der Waals surface area contributed by atoms with Gasteiger partial charge in [-0.25, -0.2) is 0 Å². The number of nitrogens with one attached hydrogen (secondary N) is 1. The number of hydrogen-bond acceptors (Lipinski definition) is 2. The van der Waals surface area contributed by atoms with E-state index in [0.717, 1.165) is 16.8 Å². The molecule has 1 aromatic carbocycles. The standard InChI is InChI=1S/C13H10ClN3O/c1-17-7-8(6-15-17)4-11-10-3-2-9(14)5-12(10)16-13(11)18/h2-7H,1H3,(H,16,18). The lowest BCUT2D eigenvalue weighted by Crippen LogP contribution is -2.03. The maximum Gasteiger partial charge on any atom is 0.256 e. The smallest absolute Gasteiger partial charge is 0.256 e. The first kappa shape index (κ1) is 11.0. The van der Waals surface area contributed by atoms with Crippen LogP contribution in [0.4, 0.5) is 5.69 Å². The minimum absolute atomic E-state index is 0.115. The van der Waals surface area contributed by atoms with Crippen molar-refractivity contribution in [1.29, 1.82) is 0 Å². The van der Waals surface area contributed by atoms with Crippen LogP contribution in [0.2, 0.25) is 5.02 Å². The fourth-order valence-electron chi connectivity index (χ4n) is 1.99. The molecular weight excluding hydrogens is 250 g/mol. The molecule has 90 valence electrons. The second kappa shape index (κ2) is 3.99. The molecule has 1 aliphatic rings. The quantitative estimate of drug-likeness (QED) is 0.800. The van der Waals surface area contributed by atoms with Gasteiger partial charge in [0.15, 0.2) is 0 Å². The molecule has 5 heteroatoms. The Kier molecular flexibility index (Phi) is 2.45. The van der Waals surface area contributed by atoms with E-state index in [2.05, 4.69) is 10.4 Å². The van der Waals surface area contributed by atoms with Crippen molar-refractivity contribution in [3.05, 3.63) is 46.7 Å². The molecule has 3 rings (SSSR count). The maximum atomic E-state index is 11.9. The molecule has 0 saturated heterocycles. The lowest BCUT2D eigenvalue weighted by Gasteiger charge is -1.97. The molecular formula is C13H10ClN3O. The number of aryl methyl sites for hydroxylation is 1. The molecule has 0 bridgehead atoms. The molecule has 1 aromatic heterocycles. The molecule has 1 N–H and O–H groups in total. The average molecular weight is 260 g/mol. The zero-order valence-corrected chi connectivity index (χ0v) is 10.4. The summed E-state index contributed by atoms with van der Waals surface area (Å²) in [5.74, 6) is -0.115. The number of carbonyl (C=O) groups excluding carboxylic acids is 1. The molecule has 0 fully saturated rings. The van der Waals surface area contributed by atoms with E-state index >= 15 is 0 Å². The van der Waals surface area contributed by atoms with Crippen LogP contribution in [0.3, 0.4) is 0 Å². The van der Waals surface area contributed by atoms with Crippen LogP contribution in [0.1, 0.15) is 11.1 Å². The molecule has 18 heavy (non-hydrogen) atoms. The molecule has 0 aliphatic carbocycles. The lowest BCUT2D eigenvalue weighted by molar-refractivity contribution is -0.110. The van der Waals surface area contributed by atoms with Crippen LogP contribution in [-0.2, 0) is 11.8 Å². The zero-order chi connectivity index (χ0) is 12.7.